The molecule has 0 aliphatic carbocycles. The van der Waals surface area contributed by atoms with Crippen LogP contribution < -0.4 is 4.74 Å². The lowest BCUT2D eigenvalue weighted by molar-refractivity contribution is 0.0988. The van der Waals surface area contributed by atoms with Crippen molar-refractivity contribution in [3.05, 3.63) is 16.3 Å². The Morgan fingerprint density at radius 1 is 1.53 bits per heavy atom. The Morgan fingerprint density at radius 2 is 2.40 bits per heavy atom. The summed E-state index contributed by atoms with van der Waals surface area (Å²) < 4.78 is 5.08. The smallest absolute Gasteiger partial charge is 0.185 e. The SMILES string of the molecule is COc1csc(C(=O)C2CCCCS2)c1. The largest absolute Gasteiger partial charge is 0.496 e. The Hall–Kier alpha value is -0.480. The van der Waals surface area contributed by atoms with Gasteiger partial charge in [-0.1, -0.05) is 6.42 Å². The molecule has 0 bridgehead atoms. The van der Waals surface area contributed by atoms with Crippen LogP contribution in [0, 0.1) is 0 Å². The Labute approximate surface area is 98.0 Å². The van der Waals surface area contributed by atoms with Gasteiger partial charge in [0, 0.05) is 11.4 Å². The van der Waals surface area contributed by atoms with Gasteiger partial charge in [0.2, 0.25) is 0 Å². The van der Waals surface area contributed by atoms with E-state index >= 15 is 0 Å². The number of thiophene rings is 1. The molecule has 2 heterocycles. The van der Waals surface area contributed by atoms with Crippen molar-refractivity contribution >= 4 is 28.9 Å². The lowest BCUT2D eigenvalue weighted by atomic mass is 10.1. The summed E-state index contributed by atoms with van der Waals surface area (Å²) in [5, 5.41) is 2.07. The lowest BCUT2D eigenvalue weighted by Gasteiger charge is -2.18. The van der Waals surface area contributed by atoms with E-state index in [4.69, 9.17) is 4.74 Å². The summed E-state index contributed by atoms with van der Waals surface area (Å²) in [6.07, 6.45) is 3.47. The quantitative estimate of drug-likeness (QED) is 0.761. The van der Waals surface area contributed by atoms with Gasteiger partial charge in [0.25, 0.3) is 0 Å². The average molecular weight is 242 g/mol. The molecule has 1 aliphatic heterocycles. The molecule has 1 fully saturated rings. The number of hydrogen-bond donors (Lipinski definition) is 0. The molecule has 1 unspecified atom stereocenters. The van der Waals surface area contributed by atoms with Crippen molar-refractivity contribution in [3.8, 4) is 5.75 Å². The van der Waals surface area contributed by atoms with Gasteiger partial charge in [-0.25, -0.2) is 0 Å². The second-order valence-electron chi connectivity index (χ2n) is 3.57. The number of Topliss-reactive ketones (excluding diaryl/α,β-unsaturated/α-hetero) is 1. The molecule has 0 radical (unpaired) electrons. The first-order chi connectivity index (χ1) is 7.31. The van der Waals surface area contributed by atoms with Crippen molar-refractivity contribution in [1.82, 2.24) is 0 Å². The van der Waals surface area contributed by atoms with Crippen LogP contribution in [0.5, 0.6) is 5.75 Å². The molecule has 2 nitrogen and oxygen atoms in total. The second-order valence-corrected chi connectivity index (χ2v) is 5.79. The van der Waals surface area contributed by atoms with Crippen LogP contribution in [0.2, 0.25) is 0 Å². The number of carbonyl (C=O) groups is 1. The van der Waals surface area contributed by atoms with E-state index in [9.17, 15) is 4.79 Å². The fourth-order valence-electron chi connectivity index (χ4n) is 1.66. The Balaban J connectivity index is 2.05. The van der Waals surface area contributed by atoms with Crippen LogP contribution in [-0.2, 0) is 0 Å². The Kier molecular flexibility index (Phi) is 3.70. The first-order valence-electron chi connectivity index (χ1n) is 5.09. The molecule has 82 valence electrons. The summed E-state index contributed by atoms with van der Waals surface area (Å²) in [5.74, 6) is 2.20. The number of carbonyl (C=O) groups excluding carboxylic acids is 1. The molecule has 15 heavy (non-hydrogen) atoms. The average Bonchev–Trinajstić information content (AvgIpc) is 2.78. The van der Waals surface area contributed by atoms with Crippen LogP contribution in [0.4, 0.5) is 0 Å². The first-order valence-corrected chi connectivity index (χ1v) is 7.02. The standard InChI is InChI=1S/C11H14O2S2/c1-13-8-6-10(15-7-8)11(12)9-4-2-3-5-14-9/h6-7,9H,2-5H2,1H3. The molecule has 1 aromatic rings. The highest BCUT2D eigenvalue weighted by molar-refractivity contribution is 8.00. The number of thioether (sulfide) groups is 1. The minimum absolute atomic E-state index is 0.183. The summed E-state index contributed by atoms with van der Waals surface area (Å²) in [5.41, 5.74) is 0. The summed E-state index contributed by atoms with van der Waals surface area (Å²) >= 11 is 3.29. The highest BCUT2D eigenvalue weighted by atomic mass is 32.2. The third-order valence-electron chi connectivity index (χ3n) is 2.53. The molecule has 1 atom stereocenters. The summed E-state index contributed by atoms with van der Waals surface area (Å²) in [4.78, 5) is 12.9. The lowest BCUT2D eigenvalue weighted by Crippen LogP contribution is -2.19. The van der Waals surface area contributed by atoms with Crippen molar-refractivity contribution in [3.63, 3.8) is 0 Å². The third kappa shape index (κ3) is 2.55. The van der Waals surface area contributed by atoms with E-state index in [1.54, 1.807) is 18.9 Å². The van der Waals surface area contributed by atoms with E-state index in [1.807, 2.05) is 11.4 Å². The van der Waals surface area contributed by atoms with E-state index in [0.717, 1.165) is 22.8 Å². The van der Waals surface area contributed by atoms with Crippen LogP contribution >= 0.6 is 23.1 Å². The predicted octanol–water partition coefficient (Wildman–Crippen LogP) is 3.23. The van der Waals surface area contributed by atoms with Gasteiger partial charge in [-0.2, -0.15) is 11.8 Å². The molecule has 4 heteroatoms. The van der Waals surface area contributed by atoms with Crippen molar-refractivity contribution in [1.29, 1.82) is 0 Å². The van der Waals surface area contributed by atoms with E-state index in [1.165, 1.54) is 24.2 Å². The highest BCUT2D eigenvalue weighted by Gasteiger charge is 2.24. The monoisotopic (exact) mass is 242 g/mol. The van der Waals surface area contributed by atoms with E-state index < -0.39 is 0 Å². The van der Waals surface area contributed by atoms with Gasteiger partial charge in [0.1, 0.15) is 5.75 Å². The van der Waals surface area contributed by atoms with Gasteiger partial charge >= 0.3 is 0 Å². The number of ketones is 1. The minimum atomic E-state index is 0.183. The maximum absolute atomic E-state index is 12.1. The molecule has 0 aromatic carbocycles. The van der Waals surface area contributed by atoms with Gasteiger partial charge in [-0.3, -0.25) is 4.79 Å². The summed E-state index contributed by atoms with van der Waals surface area (Å²) in [6, 6.07) is 1.85. The van der Waals surface area contributed by atoms with Crippen LogP contribution in [0.3, 0.4) is 0 Å². The summed E-state index contributed by atoms with van der Waals surface area (Å²) in [6.45, 7) is 0. The molecule has 0 N–H and O–H groups in total. The van der Waals surface area contributed by atoms with Crippen LogP contribution in [0.15, 0.2) is 11.4 Å². The highest BCUT2D eigenvalue weighted by Crippen LogP contribution is 2.31. The number of methoxy groups -OCH3 is 1. The second kappa shape index (κ2) is 5.03. The molecule has 0 spiro atoms. The van der Waals surface area contributed by atoms with Crippen LogP contribution in [0.25, 0.3) is 0 Å². The topological polar surface area (TPSA) is 26.3 Å². The van der Waals surface area contributed by atoms with Gasteiger partial charge in [-0.05, 0) is 18.6 Å². The van der Waals surface area contributed by atoms with Gasteiger partial charge in [-0.15, -0.1) is 11.3 Å². The molecular weight excluding hydrogens is 228 g/mol. The minimum Gasteiger partial charge on any atom is -0.496 e. The Morgan fingerprint density at radius 3 is 3.00 bits per heavy atom. The zero-order valence-electron chi connectivity index (χ0n) is 8.69. The number of ether oxygens (including phenoxy) is 1. The molecule has 1 aliphatic rings. The molecule has 0 saturated carbocycles. The van der Waals surface area contributed by atoms with Crippen LogP contribution in [-0.4, -0.2) is 23.9 Å². The third-order valence-corrected chi connectivity index (χ3v) is 4.83. The van der Waals surface area contributed by atoms with Crippen molar-refractivity contribution in [2.75, 3.05) is 12.9 Å². The molecule has 0 amide bonds. The predicted molar refractivity (Wildman–Crippen MR) is 65.3 cm³/mol. The Bertz CT molecular complexity index is 340. The van der Waals surface area contributed by atoms with E-state index in [-0.39, 0.29) is 11.0 Å². The number of hydrogen-bond acceptors (Lipinski definition) is 4. The van der Waals surface area contributed by atoms with Gasteiger partial charge < -0.3 is 4.74 Å². The maximum Gasteiger partial charge on any atom is 0.185 e. The fourth-order valence-corrected chi connectivity index (χ4v) is 3.85. The molecule has 1 aromatic heterocycles. The van der Waals surface area contributed by atoms with E-state index in [0.29, 0.717) is 0 Å². The van der Waals surface area contributed by atoms with Crippen LogP contribution in [0.1, 0.15) is 28.9 Å². The number of rotatable bonds is 3. The molecule has 1 saturated heterocycles. The zero-order chi connectivity index (χ0) is 10.7. The zero-order valence-corrected chi connectivity index (χ0v) is 10.3. The van der Waals surface area contributed by atoms with Gasteiger partial charge in [0.15, 0.2) is 5.78 Å². The van der Waals surface area contributed by atoms with Gasteiger partial charge in [0.05, 0.1) is 17.2 Å². The van der Waals surface area contributed by atoms with Crippen molar-refractivity contribution in [2.45, 2.75) is 24.5 Å². The van der Waals surface area contributed by atoms with Crippen molar-refractivity contribution in [2.24, 2.45) is 0 Å². The first kappa shape index (κ1) is 11.0. The summed E-state index contributed by atoms with van der Waals surface area (Å²) in [7, 11) is 1.63. The molecule has 2 rings (SSSR count). The van der Waals surface area contributed by atoms with Crippen molar-refractivity contribution < 1.29 is 9.53 Å². The van der Waals surface area contributed by atoms with E-state index in [2.05, 4.69) is 0 Å². The molecular formula is C11H14O2S2. The maximum atomic E-state index is 12.1. The normalized spacial score (nSPS) is 21.3. The fraction of sp³-hybridized carbons (Fsp3) is 0.545.